The highest BCUT2D eigenvalue weighted by Gasteiger charge is 2.10. The van der Waals surface area contributed by atoms with Crippen LogP contribution in [0.15, 0.2) is 48.5 Å². The highest BCUT2D eigenvalue weighted by molar-refractivity contribution is 5.34. The Labute approximate surface area is 105 Å². The number of nitrogens with two attached hydrogens (primary N) is 1. The van der Waals surface area contributed by atoms with Gasteiger partial charge in [-0.3, -0.25) is 0 Å². The summed E-state index contributed by atoms with van der Waals surface area (Å²) in [5, 5.41) is 9.63. The van der Waals surface area contributed by atoms with Gasteiger partial charge in [0.25, 0.3) is 0 Å². The zero-order valence-corrected chi connectivity index (χ0v) is 9.71. The Morgan fingerprint density at radius 1 is 1.11 bits per heavy atom. The Kier molecular flexibility index (Phi) is 3.79. The maximum Gasteiger partial charge on any atom is 0.123 e. The van der Waals surface area contributed by atoms with Gasteiger partial charge in [-0.15, -0.1) is 0 Å². The van der Waals surface area contributed by atoms with E-state index in [9.17, 15) is 9.50 Å². The number of halogens is 1. The first-order valence-electron chi connectivity index (χ1n) is 5.58. The third-order valence-electron chi connectivity index (χ3n) is 2.58. The molecule has 0 saturated heterocycles. The quantitative estimate of drug-likeness (QED) is 0.873. The average Bonchev–Trinajstić information content (AvgIpc) is 2.38. The largest absolute Gasteiger partial charge is 0.508 e. The van der Waals surface area contributed by atoms with Crippen LogP contribution in [0.25, 0.3) is 0 Å². The van der Waals surface area contributed by atoms with Crippen molar-refractivity contribution in [3.8, 4) is 11.5 Å². The van der Waals surface area contributed by atoms with Crippen LogP contribution in [0, 0.1) is 5.82 Å². The summed E-state index contributed by atoms with van der Waals surface area (Å²) >= 11 is 0. The number of phenols is 1. The van der Waals surface area contributed by atoms with E-state index < -0.39 is 6.04 Å². The molecule has 0 heterocycles. The maximum atomic E-state index is 12.7. The minimum Gasteiger partial charge on any atom is -0.508 e. The molecule has 94 valence electrons. The number of para-hydroxylation sites is 1. The molecule has 1 unspecified atom stereocenters. The van der Waals surface area contributed by atoms with Crippen molar-refractivity contribution >= 4 is 0 Å². The van der Waals surface area contributed by atoms with Gasteiger partial charge in [-0.05, 0) is 30.3 Å². The lowest BCUT2D eigenvalue weighted by Crippen LogP contribution is -2.19. The summed E-state index contributed by atoms with van der Waals surface area (Å²) in [6, 6.07) is 12.1. The lowest BCUT2D eigenvalue weighted by molar-refractivity contribution is 0.287. The molecule has 0 aliphatic heterocycles. The van der Waals surface area contributed by atoms with Gasteiger partial charge >= 0.3 is 0 Å². The zero-order valence-electron chi connectivity index (χ0n) is 9.71. The lowest BCUT2D eigenvalue weighted by Gasteiger charge is -2.14. The van der Waals surface area contributed by atoms with E-state index in [0.29, 0.717) is 11.3 Å². The molecule has 1 atom stereocenters. The molecule has 2 rings (SSSR count). The molecule has 4 heteroatoms. The molecule has 0 amide bonds. The number of phenolic OH excluding ortho intramolecular Hbond substituents is 1. The van der Waals surface area contributed by atoms with Crippen molar-refractivity contribution in [3.05, 3.63) is 59.9 Å². The summed E-state index contributed by atoms with van der Waals surface area (Å²) in [4.78, 5) is 0. The molecule has 2 aromatic rings. The molecule has 18 heavy (non-hydrogen) atoms. The summed E-state index contributed by atoms with van der Waals surface area (Å²) in [7, 11) is 0. The molecule has 2 aromatic carbocycles. The van der Waals surface area contributed by atoms with Crippen LogP contribution >= 0.6 is 0 Å². The number of ether oxygens (including phenoxy) is 1. The zero-order chi connectivity index (χ0) is 13.0. The van der Waals surface area contributed by atoms with Gasteiger partial charge in [0.1, 0.15) is 23.9 Å². The molecule has 3 nitrogen and oxygen atoms in total. The second kappa shape index (κ2) is 5.51. The summed E-state index contributed by atoms with van der Waals surface area (Å²) in [6.45, 7) is 0.212. The van der Waals surface area contributed by atoms with Crippen LogP contribution in [0.4, 0.5) is 4.39 Å². The van der Waals surface area contributed by atoms with E-state index in [0.717, 1.165) is 0 Å². The molecule has 0 saturated carbocycles. The predicted molar refractivity (Wildman–Crippen MR) is 66.9 cm³/mol. The Morgan fingerprint density at radius 3 is 2.44 bits per heavy atom. The van der Waals surface area contributed by atoms with E-state index in [2.05, 4.69) is 0 Å². The minimum atomic E-state index is -0.434. The monoisotopic (exact) mass is 247 g/mol. The SMILES string of the molecule is NC(COc1ccc(F)cc1)c1ccccc1O. The topological polar surface area (TPSA) is 55.5 Å². The molecule has 0 spiro atoms. The van der Waals surface area contributed by atoms with Gasteiger partial charge in [0.2, 0.25) is 0 Å². The third-order valence-corrected chi connectivity index (χ3v) is 2.58. The molecule has 0 fully saturated rings. The first kappa shape index (κ1) is 12.4. The van der Waals surface area contributed by atoms with Crippen molar-refractivity contribution in [2.24, 2.45) is 5.73 Å². The fraction of sp³-hybridized carbons (Fsp3) is 0.143. The Balaban J connectivity index is 1.98. The van der Waals surface area contributed by atoms with Crippen molar-refractivity contribution < 1.29 is 14.2 Å². The van der Waals surface area contributed by atoms with Crippen LogP contribution in [-0.2, 0) is 0 Å². The highest BCUT2D eigenvalue weighted by Crippen LogP contribution is 2.22. The normalized spacial score (nSPS) is 12.1. The van der Waals surface area contributed by atoms with Crippen LogP contribution in [0.3, 0.4) is 0 Å². The van der Waals surface area contributed by atoms with Gasteiger partial charge < -0.3 is 15.6 Å². The molecular weight excluding hydrogens is 233 g/mol. The van der Waals surface area contributed by atoms with Gasteiger partial charge in [-0.25, -0.2) is 4.39 Å². The lowest BCUT2D eigenvalue weighted by atomic mass is 10.1. The van der Waals surface area contributed by atoms with Crippen LogP contribution in [0.5, 0.6) is 11.5 Å². The van der Waals surface area contributed by atoms with Crippen molar-refractivity contribution in [3.63, 3.8) is 0 Å². The fourth-order valence-corrected chi connectivity index (χ4v) is 1.61. The first-order chi connectivity index (χ1) is 8.66. The van der Waals surface area contributed by atoms with Gasteiger partial charge in [0, 0.05) is 5.56 Å². The van der Waals surface area contributed by atoms with Crippen molar-refractivity contribution in [2.45, 2.75) is 6.04 Å². The smallest absolute Gasteiger partial charge is 0.123 e. The van der Waals surface area contributed by atoms with E-state index in [1.807, 2.05) is 0 Å². The fourth-order valence-electron chi connectivity index (χ4n) is 1.61. The number of aromatic hydroxyl groups is 1. The van der Waals surface area contributed by atoms with Gasteiger partial charge in [-0.2, -0.15) is 0 Å². The predicted octanol–water partition coefficient (Wildman–Crippen LogP) is 2.61. The summed E-state index contributed by atoms with van der Waals surface area (Å²) in [6.07, 6.45) is 0. The molecular formula is C14H14FNO2. The van der Waals surface area contributed by atoms with E-state index in [1.165, 1.54) is 24.3 Å². The molecule has 0 aliphatic carbocycles. The molecule has 3 N–H and O–H groups in total. The Morgan fingerprint density at radius 2 is 1.78 bits per heavy atom. The van der Waals surface area contributed by atoms with E-state index in [1.54, 1.807) is 24.3 Å². The second-order valence-corrected chi connectivity index (χ2v) is 3.93. The summed E-state index contributed by atoms with van der Waals surface area (Å²) in [5.74, 6) is 0.377. The Hall–Kier alpha value is -2.07. The summed E-state index contributed by atoms with van der Waals surface area (Å²) < 4.78 is 18.1. The standard InChI is InChI=1S/C14H14FNO2/c15-10-5-7-11(8-6-10)18-9-13(16)12-3-1-2-4-14(12)17/h1-8,13,17H,9,16H2. The van der Waals surface area contributed by atoms with Crippen LogP contribution in [-0.4, -0.2) is 11.7 Å². The van der Waals surface area contributed by atoms with Gasteiger partial charge in [0.05, 0.1) is 6.04 Å². The number of hydrogen-bond donors (Lipinski definition) is 2. The minimum absolute atomic E-state index is 0.146. The van der Waals surface area contributed by atoms with Crippen molar-refractivity contribution in [1.29, 1.82) is 0 Å². The molecule has 0 bridgehead atoms. The van der Waals surface area contributed by atoms with Gasteiger partial charge in [0.15, 0.2) is 0 Å². The van der Waals surface area contributed by atoms with E-state index in [4.69, 9.17) is 10.5 Å². The molecule has 0 aromatic heterocycles. The number of benzene rings is 2. The summed E-state index contributed by atoms with van der Waals surface area (Å²) in [5.41, 5.74) is 6.54. The van der Waals surface area contributed by atoms with E-state index in [-0.39, 0.29) is 18.2 Å². The molecule has 0 radical (unpaired) electrons. The van der Waals surface area contributed by atoms with Crippen molar-refractivity contribution in [2.75, 3.05) is 6.61 Å². The third kappa shape index (κ3) is 2.99. The number of rotatable bonds is 4. The van der Waals surface area contributed by atoms with Gasteiger partial charge in [-0.1, -0.05) is 18.2 Å². The van der Waals surface area contributed by atoms with Crippen LogP contribution in [0.1, 0.15) is 11.6 Å². The average molecular weight is 247 g/mol. The first-order valence-corrected chi connectivity index (χ1v) is 5.58. The number of hydrogen-bond acceptors (Lipinski definition) is 3. The van der Waals surface area contributed by atoms with Crippen molar-refractivity contribution in [1.82, 2.24) is 0 Å². The van der Waals surface area contributed by atoms with E-state index >= 15 is 0 Å². The van der Waals surface area contributed by atoms with Crippen LogP contribution < -0.4 is 10.5 Å². The Bertz CT molecular complexity index is 513. The maximum absolute atomic E-state index is 12.7. The molecule has 0 aliphatic rings. The highest BCUT2D eigenvalue weighted by atomic mass is 19.1. The second-order valence-electron chi connectivity index (χ2n) is 3.93. The van der Waals surface area contributed by atoms with Crippen LogP contribution in [0.2, 0.25) is 0 Å².